The minimum absolute atomic E-state index is 0.799. The SMILES string of the molecule is CCCN1CCN(c2nc(C)n3nc(C)nc3c2C)CC1. The highest BCUT2D eigenvalue weighted by molar-refractivity contribution is 5.61. The fourth-order valence-corrected chi connectivity index (χ4v) is 3.08. The van der Waals surface area contributed by atoms with Crippen LogP contribution in [0.15, 0.2) is 0 Å². The molecule has 2 aromatic heterocycles. The standard InChI is InChI=1S/C15H24N6/c1-5-6-19-7-9-20(10-8-19)14-11(2)15-16-12(3)18-21(15)13(4)17-14/h5-10H2,1-4H3. The maximum Gasteiger partial charge on any atom is 0.164 e. The van der Waals surface area contributed by atoms with Crippen molar-refractivity contribution < 1.29 is 0 Å². The van der Waals surface area contributed by atoms with Crippen molar-refractivity contribution in [3.05, 3.63) is 17.2 Å². The van der Waals surface area contributed by atoms with Crippen LogP contribution in [0.2, 0.25) is 0 Å². The zero-order valence-corrected chi connectivity index (χ0v) is 13.4. The summed E-state index contributed by atoms with van der Waals surface area (Å²) in [5.74, 6) is 2.78. The number of aryl methyl sites for hydroxylation is 3. The van der Waals surface area contributed by atoms with E-state index in [9.17, 15) is 0 Å². The van der Waals surface area contributed by atoms with E-state index < -0.39 is 0 Å². The molecule has 3 rings (SSSR count). The van der Waals surface area contributed by atoms with E-state index in [1.807, 2.05) is 18.4 Å². The largest absolute Gasteiger partial charge is 0.354 e. The first-order valence-electron chi connectivity index (χ1n) is 7.78. The maximum absolute atomic E-state index is 4.78. The molecule has 2 aromatic rings. The van der Waals surface area contributed by atoms with Crippen LogP contribution in [0.5, 0.6) is 0 Å². The number of piperazine rings is 1. The minimum Gasteiger partial charge on any atom is -0.354 e. The lowest BCUT2D eigenvalue weighted by molar-refractivity contribution is 0.258. The molecule has 0 spiro atoms. The van der Waals surface area contributed by atoms with E-state index in [0.29, 0.717) is 0 Å². The second-order valence-electron chi connectivity index (χ2n) is 5.83. The van der Waals surface area contributed by atoms with Crippen molar-refractivity contribution in [2.75, 3.05) is 37.6 Å². The Hall–Kier alpha value is -1.69. The summed E-state index contributed by atoms with van der Waals surface area (Å²) in [5.41, 5.74) is 2.07. The third kappa shape index (κ3) is 2.60. The molecule has 1 fully saturated rings. The number of hydrogen-bond donors (Lipinski definition) is 0. The molecule has 0 saturated carbocycles. The predicted octanol–water partition coefficient (Wildman–Crippen LogP) is 1.58. The third-order valence-corrected chi connectivity index (χ3v) is 4.17. The molecule has 1 saturated heterocycles. The summed E-state index contributed by atoms with van der Waals surface area (Å²) in [5, 5.41) is 4.41. The van der Waals surface area contributed by atoms with Gasteiger partial charge in [0.1, 0.15) is 17.5 Å². The van der Waals surface area contributed by atoms with Crippen LogP contribution < -0.4 is 4.90 Å². The normalized spacial score (nSPS) is 16.9. The van der Waals surface area contributed by atoms with Crippen molar-refractivity contribution in [3.8, 4) is 0 Å². The van der Waals surface area contributed by atoms with Gasteiger partial charge in [0.2, 0.25) is 0 Å². The highest BCUT2D eigenvalue weighted by atomic mass is 15.3. The van der Waals surface area contributed by atoms with Gasteiger partial charge in [-0.25, -0.2) is 9.97 Å². The molecular weight excluding hydrogens is 264 g/mol. The zero-order valence-electron chi connectivity index (χ0n) is 13.4. The van der Waals surface area contributed by atoms with E-state index in [2.05, 4.69) is 33.7 Å². The van der Waals surface area contributed by atoms with Crippen molar-refractivity contribution in [2.45, 2.75) is 34.1 Å². The van der Waals surface area contributed by atoms with Gasteiger partial charge in [-0.2, -0.15) is 4.52 Å². The fraction of sp³-hybridized carbons (Fsp3) is 0.667. The molecule has 0 N–H and O–H groups in total. The van der Waals surface area contributed by atoms with E-state index in [4.69, 9.17) is 4.98 Å². The Bertz CT molecular complexity index is 639. The summed E-state index contributed by atoms with van der Waals surface area (Å²) in [6, 6.07) is 0. The molecule has 0 atom stereocenters. The minimum atomic E-state index is 0.799. The van der Waals surface area contributed by atoms with Gasteiger partial charge in [0.25, 0.3) is 0 Å². The average Bonchev–Trinajstić information content (AvgIpc) is 2.87. The van der Waals surface area contributed by atoms with E-state index in [1.54, 1.807) is 0 Å². The average molecular weight is 288 g/mol. The molecule has 0 bridgehead atoms. The van der Waals surface area contributed by atoms with Crippen LogP contribution in [0.3, 0.4) is 0 Å². The van der Waals surface area contributed by atoms with E-state index >= 15 is 0 Å². The monoisotopic (exact) mass is 288 g/mol. The fourth-order valence-electron chi connectivity index (χ4n) is 3.08. The zero-order chi connectivity index (χ0) is 15.0. The van der Waals surface area contributed by atoms with Gasteiger partial charge >= 0.3 is 0 Å². The quantitative estimate of drug-likeness (QED) is 0.858. The van der Waals surface area contributed by atoms with Gasteiger partial charge in [-0.15, -0.1) is 5.10 Å². The summed E-state index contributed by atoms with van der Waals surface area (Å²) in [6.45, 7) is 13.8. The van der Waals surface area contributed by atoms with Gasteiger partial charge in [0, 0.05) is 31.7 Å². The van der Waals surface area contributed by atoms with Crippen LogP contribution in [0.1, 0.15) is 30.6 Å². The highest BCUT2D eigenvalue weighted by Gasteiger charge is 2.21. The van der Waals surface area contributed by atoms with Crippen molar-refractivity contribution in [2.24, 2.45) is 0 Å². The van der Waals surface area contributed by atoms with Gasteiger partial charge in [-0.05, 0) is 33.7 Å². The number of fused-ring (bicyclic) bond motifs is 1. The Balaban J connectivity index is 1.89. The molecule has 1 aliphatic rings. The van der Waals surface area contributed by atoms with Gasteiger partial charge < -0.3 is 4.90 Å². The van der Waals surface area contributed by atoms with Gasteiger partial charge in [-0.1, -0.05) is 6.92 Å². The van der Waals surface area contributed by atoms with Crippen molar-refractivity contribution in [1.29, 1.82) is 0 Å². The van der Waals surface area contributed by atoms with E-state index in [0.717, 1.165) is 54.9 Å². The number of anilines is 1. The van der Waals surface area contributed by atoms with Crippen LogP contribution in [-0.2, 0) is 0 Å². The molecule has 6 nitrogen and oxygen atoms in total. The molecule has 0 radical (unpaired) electrons. The lowest BCUT2D eigenvalue weighted by Crippen LogP contribution is -2.47. The number of rotatable bonds is 3. The second kappa shape index (κ2) is 5.60. The molecule has 0 aromatic carbocycles. The summed E-state index contributed by atoms with van der Waals surface area (Å²) in [7, 11) is 0. The Morgan fingerprint density at radius 3 is 2.38 bits per heavy atom. The van der Waals surface area contributed by atoms with Crippen LogP contribution in [0.4, 0.5) is 5.82 Å². The Labute approximate surface area is 125 Å². The molecule has 114 valence electrons. The molecule has 21 heavy (non-hydrogen) atoms. The Morgan fingerprint density at radius 2 is 1.71 bits per heavy atom. The molecule has 6 heteroatoms. The van der Waals surface area contributed by atoms with Crippen molar-refractivity contribution in [3.63, 3.8) is 0 Å². The smallest absolute Gasteiger partial charge is 0.164 e. The summed E-state index contributed by atoms with van der Waals surface area (Å²) < 4.78 is 1.85. The van der Waals surface area contributed by atoms with Crippen LogP contribution in [0, 0.1) is 20.8 Å². The Kier molecular flexibility index (Phi) is 3.80. The molecule has 1 aliphatic heterocycles. The van der Waals surface area contributed by atoms with Crippen molar-refractivity contribution in [1.82, 2.24) is 24.5 Å². The Morgan fingerprint density at radius 1 is 1.00 bits per heavy atom. The summed E-state index contributed by atoms with van der Waals surface area (Å²) >= 11 is 0. The van der Waals surface area contributed by atoms with Gasteiger partial charge in [0.05, 0.1) is 0 Å². The lowest BCUT2D eigenvalue weighted by atomic mass is 10.2. The molecule has 3 heterocycles. The van der Waals surface area contributed by atoms with E-state index in [-0.39, 0.29) is 0 Å². The predicted molar refractivity (Wildman–Crippen MR) is 83.9 cm³/mol. The first-order valence-corrected chi connectivity index (χ1v) is 7.78. The van der Waals surface area contributed by atoms with Crippen molar-refractivity contribution >= 4 is 11.5 Å². The molecule has 0 aliphatic carbocycles. The molecule has 0 unspecified atom stereocenters. The number of hydrogen-bond acceptors (Lipinski definition) is 5. The number of aromatic nitrogens is 4. The van der Waals surface area contributed by atoms with E-state index in [1.165, 1.54) is 13.0 Å². The first-order chi connectivity index (χ1) is 10.1. The highest BCUT2D eigenvalue weighted by Crippen LogP contribution is 2.23. The second-order valence-corrected chi connectivity index (χ2v) is 5.83. The summed E-state index contributed by atoms with van der Waals surface area (Å²) in [6.07, 6.45) is 1.22. The van der Waals surface area contributed by atoms with Gasteiger partial charge in [0.15, 0.2) is 5.65 Å². The van der Waals surface area contributed by atoms with Crippen LogP contribution in [0.25, 0.3) is 5.65 Å². The first kappa shape index (κ1) is 14.3. The maximum atomic E-state index is 4.78. The molecule has 0 amide bonds. The number of nitrogens with zero attached hydrogens (tertiary/aromatic N) is 6. The topological polar surface area (TPSA) is 49.6 Å². The van der Waals surface area contributed by atoms with Gasteiger partial charge in [-0.3, -0.25) is 4.90 Å². The molecular formula is C15H24N6. The van der Waals surface area contributed by atoms with Crippen LogP contribution >= 0.6 is 0 Å². The lowest BCUT2D eigenvalue weighted by Gasteiger charge is -2.36. The summed E-state index contributed by atoms with van der Waals surface area (Å²) in [4.78, 5) is 14.2. The third-order valence-electron chi connectivity index (χ3n) is 4.17. The van der Waals surface area contributed by atoms with Crippen LogP contribution in [-0.4, -0.2) is 57.2 Å².